The van der Waals surface area contributed by atoms with Crippen LogP contribution in [-0.4, -0.2) is 36.9 Å². The third-order valence-corrected chi connectivity index (χ3v) is 8.65. The molecule has 0 saturated carbocycles. The minimum Gasteiger partial charge on any atom is -0.478 e. The molecule has 5 rings (SSSR count). The molecule has 5 aromatic rings. The van der Waals surface area contributed by atoms with Gasteiger partial charge in [-0.25, -0.2) is 9.78 Å². The van der Waals surface area contributed by atoms with Gasteiger partial charge in [-0.2, -0.15) is 13.2 Å². The van der Waals surface area contributed by atoms with Crippen LogP contribution in [0, 0.1) is 6.92 Å². The summed E-state index contributed by atoms with van der Waals surface area (Å²) in [4.78, 5) is 30.3. The number of imidazole rings is 1. The summed E-state index contributed by atoms with van der Waals surface area (Å²) in [6.45, 7) is 6.09. The van der Waals surface area contributed by atoms with Crippen LogP contribution in [0.4, 0.5) is 13.2 Å². The van der Waals surface area contributed by atoms with Gasteiger partial charge in [0.1, 0.15) is 5.82 Å². The van der Waals surface area contributed by atoms with Crippen LogP contribution in [0.5, 0.6) is 0 Å². The van der Waals surface area contributed by atoms with Gasteiger partial charge in [0, 0.05) is 24.6 Å². The third-order valence-electron chi connectivity index (χ3n) is 8.07. The van der Waals surface area contributed by atoms with Crippen molar-refractivity contribution >= 4 is 35.7 Å². The number of rotatable bonds is 10. The Bertz CT molecular complexity index is 1900. The fourth-order valence-electron chi connectivity index (χ4n) is 5.76. The molecule has 0 radical (unpaired) electrons. The number of carbonyl (C=O) groups excluding carboxylic acids is 1. The lowest BCUT2D eigenvalue weighted by Crippen LogP contribution is -2.33. The maximum Gasteiger partial charge on any atom is 0.416 e. The fraction of sp³-hybridized carbons (Fsp3) is 0.250. The van der Waals surface area contributed by atoms with Crippen LogP contribution in [0.15, 0.2) is 84.9 Å². The first-order valence-electron chi connectivity index (χ1n) is 15.0. The Morgan fingerprint density at radius 1 is 1.00 bits per heavy atom. The highest BCUT2D eigenvalue weighted by Crippen LogP contribution is 2.33. The Kier molecular flexibility index (Phi) is 9.58. The zero-order valence-corrected chi connectivity index (χ0v) is 26.6. The summed E-state index contributed by atoms with van der Waals surface area (Å²) in [6, 6.07) is 22.8. The molecule has 0 saturated heterocycles. The monoisotopic (exact) mass is 645 g/mol. The highest BCUT2D eigenvalue weighted by Gasteiger charge is 2.34. The summed E-state index contributed by atoms with van der Waals surface area (Å²) >= 11 is 4.44. The summed E-state index contributed by atoms with van der Waals surface area (Å²) in [6.07, 6.45) is -2.93. The highest BCUT2D eigenvalue weighted by molar-refractivity contribution is 7.78. The Labute approximate surface area is 271 Å². The number of halogens is 3. The second-order valence-electron chi connectivity index (χ2n) is 11.4. The maximum absolute atomic E-state index is 13.7. The maximum atomic E-state index is 13.7. The van der Waals surface area contributed by atoms with E-state index in [-0.39, 0.29) is 17.5 Å². The molecule has 1 atom stereocenters. The van der Waals surface area contributed by atoms with Crippen molar-refractivity contribution in [2.24, 2.45) is 0 Å². The molecule has 1 N–H and O–H groups in total. The van der Waals surface area contributed by atoms with E-state index >= 15 is 0 Å². The number of hydrogen-bond donors (Lipinski definition) is 2. The van der Waals surface area contributed by atoms with Crippen LogP contribution < -0.4 is 0 Å². The molecule has 0 fully saturated rings. The molecule has 238 valence electrons. The largest absolute Gasteiger partial charge is 0.478 e. The van der Waals surface area contributed by atoms with E-state index in [2.05, 4.69) is 24.3 Å². The molecule has 0 aliphatic rings. The lowest BCUT2D eigenvalue weighted by atomic mass is 9.98. The normalized spacial score (nSPS) is 12.3. The van der Waals surface area contributed by atoms with Gasteiger partial charge in [-0.1, -0.05) is 80.4 Å². The van der Waals surface area contributed by atoms with Crippen molar-refractivity contribution in [2.75, 3.05) is 0 Å². The quantitative estimate of drug-likeness (QED) is 0.149. The van der Waals surface area contributed by atoms with Crippen LogP contribution in [0.2, 0.25) is 0 Å². The summed E-state index contributed by atoms with van der Waals surface area (Å²) in [5, 5.41) is 9.61. The number of aryl methyl sites for hydroxylation is 2. The average Bonchev–Trinajstić information content (AvgIpc) is 3.37. The average molecular weight is 646 g/mol. The van der Waals surface area contributed by atoms with Crippen LogP contribution in [0.25, 0.3) is 22.2 Å². The summed E-state index contributed by atoms with van der Waals surface area (Å²) in [7, 11) is 0. The minimum absolute atomic E-state index is 0.0162. The minimum atomic E-state index is -4.50. The molecule has 4 aromatic carbocycles. The van der Waals surface area contributed by atoms with Crippen molar-refractivity contribution in [1.82, 2.24) is 13.9 Å². The number of benzene rings is 4. The smallest absolute Gasteiger partial charge is 0.416 e. The molecule has 0 spiro atoms. The fourth-order valence-corrected chi connectivity index (χ4v) is 5.96. The number of fused-ring (bicyclic) bond motifs is 1. The Morgan fingerprint density at radius 2 is 1.67 bits per heavy atom. The second kappa shape index (κ2) is 13.4. The number of aromatic nitrogens is 2. The number of aromatic carboxylic acids is 1. The van der Waals surface area contributed by atoms with Gasteiger partial charge in [0.15, 0.2) is 0 Å². The van der Waals surface area contributed by atoms with Gasteiger partial charge < -0.3 is 9.67 Å². The SMILES string of the molecule is CCCc1nc2c(C)cc(C(=O)N(S)C(C)Cc3ccccc3C(F)(F)F)cc2n1Cc1ccc(-c2ccccc2C(=O)O)cc1. The summed E-state index contributed by atoms with van der Waals surface area (Å²) < 4.78 is 44.0. The first-order chi connectivity index (χ1) is 21.9. The standard InChI is InChI=1S/C36H34F3N3O3S/c1-4-9-32-40-33-22(2)18-27(34(43)42(46)23(3)19-26-10-5-8-13-30(26)36(37,38)39)20-31(33)41(32)21-24-14-16-25(17-15-24)28-11-6-7-12-29(28)35(44)45/h5-8,10-18,20,23,46H,4,9,19,21H2,1-3H3,(H,44,45). The van der Waals surface area contributed by atoms with Crippen molar-refractivity contribution in [2.45, 2.75) is 58.8 Å². The lowest BCUT2D eigenvalue weighted by Gasteiger charge is -2.25. The van der Waals surface area contributed by atoms with E-state index in [0.29, 0.717) is 17.7 Å². The van der Waals surface area contributed by atoms with E-state index in [9.17, 15) is 27.9 Å². The molecule has 46 heavy (non-hydrogen) atoms. The molecule has 10 heteroatoms. The Hall–Kier alpha value is -4.57. The number of carboxylic acids is 1. The van der Waals surface area contributed by atoms with Gasteiger partial charge in [0.05, 0.1) is 22.2 Å². The van der Waals surface area contributed by atoms with Gasteiger partial charge in [0.25, 0.3) is 5.91 Å². The van der Waals surface area contributed by atoms with E-state index in [1.165, 1.54) is 16.4 Å². The van der Waals surface area contributed by atoms with Gasteiger partial charge in [-0.15, -0.1) is 0 Å². The van der Waals surface area contributed by atoms with Gasteiger partial charge in [-0.05, 0) is 78.8 Å². The molecule has 0 bridgehead atoms. The number of amides is 1. The molecule has 6 nitrogen and oxygen atoms in total. The molecule has 0 aliphatic heterocycles. The Balaban J connectivity index is 1.45. The molecular weight excluding hydrogens is 611 g/mol. The first-order valence-corrected chi connectivity index (χ1v) is 15.4. The summed E-state index contributed by atoms with van der Waals surface area (Å²) in [5.74, 6) is -0.545. The van der Waals surface area contributed by atoms with E-state index in [1.807, 2.05) is 31.2 Å². The molecule has 1 heterocycles. The van der Waals surface area contributed by atoms with Crippen molar-refractivity contribution < 1.29 is 27.9 Å². The number of carbonyl (C=O) groups is 2. The van der Waals surface area contributed by atoms with Crippen LogP contribution in [0.3, 0.4) is 0 Å². The first kappa shape index (κ1) is 32.8. The zero-order chi connectivity index (χ0) is 33.2. The molecule has 0 aliphatic carbocycles. The Morgan fingerprint density at radius 3 is 2.35 bits per heavy atom. The van der Waals surface area contributed by atoms with Crippen LogP contribution in [-0.2, 0) is 25.6 Å². The number of alkyl halides is 3. The predicted octanol–water partition coefficient (Wildman–Crippen LogP) is 8.65. The second-order valence-corrected chi connectivity index (χ2v) is 11.9. The lowest BCUT2D eigenvalue weighted by molar-refractivity contribution is -0.138. The molecule has 1 unspecified atom stereocenters. The van der Waals surface area contributed by atoms with E-state index in [1.54, 1.807) is 49.4 Å². The van der Waals surface area contributed by atoms with Crippen LogP contribution >= 0.6 is 12.8 Å². The number of carboxylic acid groups (broad SMARTS) is 1. The van der Waals surface area contributed by atoms with Gasteiger partial charge >= 0.3 is 12.1 Å². The van der Waals surface area contributed by atoms with E-state index in [0.717, 1.165) is 52.5 Å². The highest BCUT2D eigenvalue weighted by atomic mass is 32.1. The van der Waals surface area contributed by atoms with Gasteiger partial charge in [-0.3, -0.25) is 9.10 Å². The number of thiol groups is 1. The molecule has 1 amide bonds. The van der Waals surface area contributed by atoms with E-state index in [4.69, 9.17) is 4.98 Å². The van der Waals surface area contributed by atoms with Crippen molar-refractivity contribution in [3.63, 3.8) is 0 Å². The zero-order valence-electron chi connectivity index (χ0n) is 25.7. The van der Waals surface area contributed by atoms with Crippen LogP contribution in [0.1, 0.15) is 69.1 Å². The topological polar surface area (TPSA) is 75.4 Å². The predicted molar refractivity (Wildman–Crippen MR) is 176 cm³/mol. The van der Waals surface area contributed by atoms with Crippen molar-refractivity contribution in [3.05, 3.63) is 124 Å². The summed E-state index contributed by atoms with van der Waals surface area (Å²) in [5.41, 5.74) is 4.69. The van der Waals surface area contributed by atoms with E-state index < -0.39 is 29.7 Å². The number of nitrogens with zero attached hydrogens (tertiary/aromatic N) is 3. The van der Waals surface area contributed by atoms with Crippen molar-refractivity contribution in [1.29, 1.82) is 0 Å². The third kappa shape index (κ3) is 6.82. The molecule has 1 aromatic heterocycles. The van der Waals surface area contributed by atoms with Crippen molar-refractivity contribution in [3.8, 4) is 11.1 Å². The molecular formula is C36H34F3N3O3S. The van der Waals surface area contributed by atoms with Gasteiger partial charge in [0.2, 0.25) is 0 Å². The number of hydrogen-bond acceptors (Lipinski definition) is 4.